The van der Waals surface area contributed by atoms with Crippen molar-refractivity contribution in [3.8, 4) is 5.75 Å². The topological polar surface area (TPSA) is 367 Å². The lowest BCUT2D eigenvalue weighted by Gasteiger charge is -2.64. The van der Waals surface area contributed by atoms with E-state index in [4.69, 9.17) is 55.1 Å². The summed E-state index contributed by atoms with van der Waals surface area (Å²) in [7, 11) is 5.18. The summed E-state index contributed by atoms with van der Waals surface area (Å²) in [6.07, 6.45) is 2.85. The van der Waals surface area contributed by atoms with Gasteiger partial charge in [0.15, 0.2) is 24.4 Å². The quantitative estimate of drug-likeness (QED) is 0.0754. The Hall–Kier alpha value is -6.93. The van der Waals surface area contributed by atoms with E-state index < -0.39 is 88.3 Å². The van der Waals surface area contributed by atoms with Crippen LogP contribution in [0.2, 0.25) is 0 Å². The van der Waals surface area contributed by atoms with E-state index in [1.807, 2.05) is 13.1 Å². The highest BCUT2D eigenvalue weighted by molar-refractivity contribution is 5.94. The Balaban J connectivity index is 0.000000376. The summed E-state index contributed by atoms with van der Waals surface area (Å²) >= 11 is 0. The second kappa shape index (κ2) is 23.7. The Morgan fingerprint density at radius 2 is 1.49 bits per heavy atom. The molecule has 0 radical (unpaired) electrons. The number of aliphatic hydroxyl groups excluding tert-OH is 4. The molecule has 2 saturated carbocycles. The van der Waals surface area contributed by atoms with Crippen LogP contribution in [0.25, 0.3) is 10.9 Å². The van der Waals surface area contributed by atoms with Crippen molar-refractivity contribution in [3.63, 3.8) is 0 Å². The number of amides is 1. The SMILES string of the molecule is CCC1=C[C@@H]2CN(CCc3c([nH]c4ccccc34)[C@@](C(=O)OC)(c3cc4c(cc3OC)N(C)[C@H]3[C@@](O)(CNC(=O)C5CCC5)[C@H](OC(C)=O)[C@]5(CC)C=CCN6CC[C@]43[C@@H]65)C2)C1.O=C(O)C(O)C(O)C(=O)O.O=C(O)C(O)C(O)C(=O)O. The minimum atomic E-state index is -2.27. The Bertz CT molecular complexity index is 2980. The first kappa shape index (κ1) is 61.1. The molecule has 11 N–H and O–H groups in total. The molecule has 1 aromatic heterocycles. The fourth-order valence-corrected chi connectivity index (χ4v) is 14.6. The van der Waals surface area contributed by atoms with E-state index in [1.54, 1.807) is 7.11 Å². The molecule has 6 heterocycles. The van der Waals surface area contributed by atoms with E-state index in [0.717, 1.165) is 104 Å². The van der Waals surface area contributed by atoms with Crippen molar-refractivity contribution in [1.82, 2.24) is 20.1 Å². The predicted molar refractivity (Wildman–Crippen MR) is 292 cm³/mol. The molecule has 1 amide bonds. The van der Waals surface area contributed by atoms with Crippen molar-refractivity contribution in [2.24, 2.45) is 17.3 Å². The average molecular weight is 1150 g/mol. The van der Waals surface area contributed by atoms with Gasteiger partial charge in [0.1, 0.15) is 22.9 Å². The van der Waals surface area contributed by atoms with Crippen LogP contribution < -0.4 is 15.0 Å². The van der Waals surface area contributed by atoms with Crippen LogP contribution in [0.4, 0.5) is 5.69 Å². The van der Waals surface area contributed by atoms with Crippen LogP contribution in [0.15, 0.2) is 60.2 Å². The van der Waals surface area contributed by atoms with E-state index in [1.165, 1.54) is 19.6 Å². The van der Waals surface area contributed by atoms with Gasteiger partial charge >= 0.3 is 35.8 Å². The molecular formula is C58H75N5O19. The molecule has 82 heavy (non-hydrogen) atoms. The lowest BCUT2D eigenvalue weighted by molar-refractivity contribution is -0.217. The third-order valence-electron chi connectivity index (χ3n) is 18.3. The Labute approximate surface area is 472 Å². The number of carboxylic acid groups (broad SMARTS) is 4. The maximum absolute atomic E-state index is 15.4. The predicted octanol–water partition coefficient (Wildman–Crippen LogP) is 1.29. The molecule has 446 valence electrons. The molecule has 3 aromatic rings. The molecule has 1 saturated heterocycles. The van der Waals surface area contributed by atoms with E-state index in [-0.39, 0.29) is 36.3 Å². The number of carbonyl (C=O) groups excluding carboxylic acids is 3. The molecule has 2 aromatic carbocycles. The highest BCUT2D eigenvalue weighted by atomic mass is 16.6. The monoisotopic (exact) mass is 1150 g/mol. The van der Waals surface area contributed by atoms with Crippen LogP contribution >= 0.6 is 0 Å². The number of ether oxygens (including phenoxy) is 3. The van der Waals surface area contributed by atoms with Gasteiger partial charge in [-0.2, -0.15) is 0 Å². The van der Waals surface area contributed by atoms with Crippen LogP contribution in [-0.4, -0.2) is 211 Å². The van der Waals surface area contributed by atoms with E-state index in [0.29, 0.717) is 25.0 Å². The van der Waals surface area contributed by atoms with Crippen LogP contribution in [0.1, 0.15) is 88.1 Å². The lowest BCUT2D eigenvalue weighted by atomic mass is 9.47. The van der Waals surface area contributed by atoms with Crippen molar-refractivity contribution in [2.75, 3.05) is 65.4 Å². The van der Waals surface area contributed by atoms with Gasteiger partial charge in [-0.3, -0.25) is 24.2 Å². The van der Waals surface area contributed by atoms with Gasteiger partial charge in [-0.1, -0.05) is 62.3 Å². The number of aromatic nitrogens is 1. The Kier molecular flexibility index (Phi) is 17.7. The highest BCUT2D eigenvalue weighted by Crippen LogP contribution is 2.68. The van der Waals surface area contributed by atoms with Crippen molar-refractivity contribution < 1.29 is 93.7 Å². The second-order valence-electron chi connectivity index (χ2n) is 22.6. The standard InChI is InChI=1S/C50H63N5O7.2C4H6O6/c1-7-31-23-32-26-49(46(58)61-6,41-35(17-21-54(27-31)28-32)34-15-9-10-16-38(34)52-41)37-24-36-39(25-40(37)60-5)53(4)44-48(36)19-22-55-20-12-18-47(8-2,43(48)55)45(62-30(3)56)50(44,59)29-51-42(57)33-13-11-14-33;2*5-1(3(7)8)2(6)4(9)10/h9-10,12,15-16,18,23-25,32-33,43-45,52,59H,7-8,11,13-14,17,19-22,26-29H2,1-6H3,(H,51,57);2*1-2,5-6H,(H,7,8)(H,9,10)/t32-,43-,44+,45+,47+,48+,49-,50-;;/m0../s1. The molecule has 5 aliphatic heterocycles. The van der Waals surface area contributed by atoms with Crippen molar-refractivity contribution in [3.05, 3.63) is 82.6 Å². The number of nitrogens with zero attached hydrogens (tertiary/aromatic N) is 3. The molecule has 24 nitrogen and oxygen atoms in total. The number of aromatic amines is 1. The molecule has 5 unspecified atom stereocenters. The zero-order valence-electron chi connectivity index (χ0n) is 46.7. The average Bonchev–Trinajstić information content (AvgIpc) is 1.45. The van der Waals surface area contributed by atoms with Gasteiger partial charge in [-0.15, -0.1) is 0 Å². The first-order valence-corrected chi connectivity index (χ1v) is 27.6. The number of methoxy groups -OCH3 is 2. The third kappa shape index (κ3) is 10.3. The number of aliphatic hydroxyl groups is 5. The Morgan fingerprint density at radius 3 is 2.04 bits per heavy atom. The Morgan fingerprint density at radius 1 is 0.854 bits per heavy atom. The molecule has 7 aliphatic rings. The molecule has 3 fully saturated rings. The summed E-state index contributed by atoms with van der Waals surface area (Å²) in [4.78, 5) is 92.5. The summed E-state index contributed by atoms with van der Waals surface area (Å²) in [6, 6.07) is 11.9. The zero-order chi connectivity index (χ0) is 60.0. The van der Waals surface area contributed by atoms with Gasteiger partial charge in [-0.05, 0) is 80.7 Å². The number of H-pyrrole nitrogens is 1. The van der Waals surface area contributed by atoms with E-state index >= 15 is 4.79 Å². The number of hydrogen-bond donors (Lipinski definition) is 11. The molecule has 10 rings (SSSR count). The van der Waals surface area contributed by atoms with Gasteiger partial charge in [-0.25, -0.2) is 19.2 Å². The summed E-state index contributed by atoms with van der Waals surface area (Å²) in [5.41, 5.74) is 2.42. The fourth-order valence-electron chi connectivity index (χ4n) is 14.6. The maximum atomic E-state index is 15.4. The number of para-hydroxylation sites is 1. The third-order valence-corrected chi connectivity index (χ3v) is 18.3. The van der Waals surface area contributed by atoms with Crippen molar-refractivity contribution in [1.29, 1.82) is 0 Å². The van der Waals surface area contributed by atoms with Gasteiger partial charge in [0.05, 0.1) is 26.8 Å². The normalized spacial score (nSPS) is 30.1. The summed E-state index contributed by atoms with van der Waals surface area (Å²) in [5, 5.41) is 83.2. The van der Waals surface area contributed by atoms with Crippen LogP contribution in [0, 0.1) is 17.3 Å². The van der Waals surface area contributed by atoms with Gasteiger partial charge in [0, 0.05) is 96.9 Å². The number of carbonyl (C=O) groups is 7. The van der Waals surface area contributed by atoms with Gasteiger partial charge in [0.25, 0.3) is 0 Å². The largest absolute Gasteiger partial charge is 0.496 e. The molecule has 24 heteroatoms. The fraction of sp³-hybridized carbons (Fsp3) is 0.569. The maximum Gasteiger partial charge on any atom is 0.335 e. The molecular weight excluding hydrogens is 1070 g/mol. The molecule has 1 spiro atoms. The summed E-state index contributed by atoms with van der Waals surface area (Å²) in [6.45, 7) is 9.75. The second-order valence-corrected chi connectivity index (χ2v) is 22.6. The van der Waals surface area contributed by atoms with Gasteiger partial charge < -0.3 is 75.4 Å². The van der Waals surface area contributed by atoms with Crippen LogP contribution in [0.5, 0.6) is 5.75 Å². The van der Waals surface area contributed by atoms with Crippen LogP contribution in [0.3, 0.4) is 0 Å². The highest BCUT2D eigenvalue weighted by Gasteiger charge is 2.78. The molecule has 2 aliphatic carbocycles. The van der Waals surface area contributed by atoms with E-state index in [9.17, 15) is 33.9 Å². The van der Waals surface area contributed by atoms with Crippen molar-refractivity contribution >= 4 is 58.3 Å². The summed E-state index contributed by atoms with van der Waals surface area (Å²) < 4.78 is 18.9. The number of rotatable bonds is 15. The van der Waals surface area contributed by atoms with Crippen LogP contribution in [-0.2, 0) is 60.3 Å². The first-order chi connectivity index (χ1) is 38.8. The number of aliphatic carboxylic acids is 4. The first-order valence-electron chi connectivity index (χ1n) is 27.6. The lowest BCUT2D eigenvalue weighted by Crippen LogP contribution is -2.81. The number of benzene rings is 2. The number of nitrogens with one attached hydrogen (secondary N) is 2. The number of esters is 2. The number of fused-ring (bicyclic) bond motifs is 6. The number of hydrogen-bond acceptors (Lipinski definition) is 18. The molecule has 2 bridgehead atoms. The van der Waals surface area contributed by atoms with Crippen molar-refractivity contribution in [2.45, 2.75) is 131 Å². The molecule has 13 atom stereocenters. The number of likely N-dealkylation sites (N-methyl/N-ethyl adjacent to an activating group) is 1. The van der Waals surface area contributed by atoms with Gasteiger partial charge in [0.2, 0.25) is 5.91 Å². The summed E-state index contributed by atoms with van der Waals surface area (Å²) in [5.74, 6) is -7.45. The zero-order valence-corrected chi connectivity index (χ0v) is 46.7. The number of carboxylic acids is 4. The minimum Gasteiger partial charge on any atom is -0.496 e. The van der Waals surface area contributed by atoms with E-state index in [2.05, 4.69) is 87.4 Å². The number of anilines is 1. The smallest absolute Gasteiger partial charge is 0.335 e. The minimum absolute atomic E-state index is 0.0449.